The lowest BCUT2D eigenvalue weighted by molar-refractivity contribution is -0.132. The lowest BCUT2D eigenvalue weighted by atomic mass is 9.97. The van der Waals surface area contributed by atoms with Crippen molar-refractivity contribution in [3.63, 3.8) is 0 Å². The number of ether oxygens (including phenoxy) is 1. The van der Waals surface area contributed by atoms with Crippen LogP contribution < -0.4 is 4.74 Å². The van der Waals surface area contributed by atoms with Crippen molar-refractivity contribution in [3.05, 3.63) is 77.6 Å². The summed E-state index contributed by atoms with van der Waals surface area (Å²) in [6, 6.07) is 17.0. The van der Waals surface area contributed by atoms with Crippen LogP contribution in [-0.2, 0) is 11.3 Å². The van der Waals surface area contributed by atoms with E-state index in [4.69, 9.17) is 4.74 Å². The van der Waals surface area contributed by atoms with Gasteiger partial charge in [-0.05, 0) is 35.8 Å². The van der Waals surface area contributed by atoms with Gasteiger partial charge in [-0.3, -0.25) is 4.79 Å². The van der Waals surface area contributed by atoms with Gasteiger partial charge in [-0.2, -0.15) is 0 Å². The van der Waals surface area contributed by atoms with Gasteiger partial charge in [-0.1, -0.05) is 42.5 Å². The second-order valence-electron chi connectivity index (χ2n) is 5.50. The summed E-state index contributed by atoms with van der Waals surface area (Å²) in [6.07, 6.45) is 1.86. The minimum absolute atomic E-state index is 0.148. The first-order valence-corrected chi connectivity index (χ1v) is 7.53. The highest BCUT2D eigenvalue weighted by Gasteiger charge is 2.31. The van der Waals surface area contributed by atoms with Crippen LogP contribution in [0.1, 0.15) is 23.6 Å². The minimum atomic E-state index is -0.675. The highest BCUT2D eigenvalue weighted by atomic mass is 19.1. The van der Waals surface area contributed by atoms with E-state index >= 15 is 0 Å². The molecular weight excluding hydrogens is 293 g/mol. The van der Waals surface area contributed by atoms with Gasteiger partial charge in [0.1, 0.15) is 5.75 Å². The van der Waals surface area contributed by atoms with Crippen molar-refractivity contribution in [3.8, 4) is 5.75 Å². The molecule has 1 aliphatic rings. The van der Waals surface area contributed by atoms with E-state index in [0.717, 1.165) is 16.9 Å². The number of amides is 1. The van der Waals surface area contributed by atoms with E-state index in [2.05, 4.69) is 0 Å². The number of hydrogen-bond acceptors (Lipinski definition) is 2. The van der Waals surface area contributed by atoms with Crippen molar-refractivity contribution in [1.82, 2.24) is 4.90 Å². The lowest BCUT2D eigenvalue weighted by Gasteiger charge is -2.34. The average molecular weight is 311 g/mol. The molecule has 2 aromatic carbocycles. The van der Waals surface area contributed by atoms with Gasteiger partial charge in [-0.15, -0.1) is 0 Å². The number of carbonyl (C=O) groups excluding carboxylic acids is 1. The molecule has 0 bridgehead atoms. The van der Waals surface area contributed by atoms with Gasteiger partial charge in [0.2, 0.25) is 0 Å². The predicted octanol–water partition coefficient (Wildman–Crippen LogP) is 4.02. The molecule has 1 amide bonds. The molecule has 0 spiro atoms. The summed E-state index contributed by atoms with van der Waals surface area (Å²) in [4.78, 5) is 13.9. The third kappa shape index (κ3) is 3.26. The van der Waals surface area contributed by atoms with E-state index in [1.54, 1.807) is 12.0 Å². The van der Waals surface area contributed by atoms with Crippen LogP contribution in [0.15, 0.2) is 66.5 Å². The molecule has 3 rings (SSSR count). The fourth-order valence-corrected chi connectivity index (χ4v) is 2.81. The first kappa shape index (κ1) is 15.3. The Bertz CT molecular complexity index is 710. The number of methoxy groups -OCH3 is 1. The molecule has 23 heavy (non-hydrogen) atoms. The van der Waals surface area contributed by atoms with Crippen LogP contribution in [-0.4, -0.2) is 17.9 Å². The molecule has 3 nitrogen and oxygen atoms in total. The molecule has 0 fully saturated rings. The fourth-order valence-electron chi connectivity index (χ4n) is 2.81. The van der Waals surface area contributed by atoms with Crippen molar-refractivity contribution in [1.29, 1.82) is 0 Å². The van der Waals surface area contributed by atoms with Gasteiger partial charge in [-0.25, -0.2) is 4.39 Å². The SMILES string of the molecule is COc1ccc(CN2C(=O)C(F)=CCC2c2ccccc2)cc1. The molecule has 0 aromatic heterocycles. The highest BCUT2D eigenvalue weighted by Crippen LogP contribution is 2.32. The maximum atomic E-state index is 13.8. The lowest BCUT2D eigenvalue weighted by Crippen LogP contribution is -2.37. The Morgan fingerprint density at radius 2 is 1.83 bits per heavy atom. The molecule has 0 aliphatic carbocycles. The molecule has 118 valence electrons. The molecule has 1 atom stereocenters. The number of rotatable bonds is 4. The van der Waals surface area contributed by atoms with Crippen molar-refractivity contribution >= 4 is 5.91 Å². The van der Waals surface area contributed by atoms with Crippen molar-refractivity contribution in [2.45, 2.75) is 19.0 Å². The fraction of sp³-hybridized carbons (Fsp3) is 0.211. The van der Waals surface area contributed by atoms with Gasteiger partial charge < -0.3 is 9.64 Å². The highest BCUT2D eigenvalue weighted by molar-refractivity contribution is 5.92. The molecule has 0 saturated carbocycles. The largest absolute Gasteiger partial charge is 0.497 e. The Hall–Kier alpha value is -2.62. The summed E-state index contributed by atoms with van der Waals surface area (Å²) in [5.41, 5.74) is 1.95. The van der Waals surface area contributed by atoms with Crippen LogP contribution in [0.4, 0.5) is 4.39 Å². The maximum absolute atomic E-state index is 13.8. The van der Waals surface area contributed by atoms with Gasteiger partial charge in [0.15, 0.2) is 5.83 Å². The molecule has 2 aromatic rings. The van der Waals surface area contributed by atoms with Crippen LogP contribution >= 0.6 is 0 Å². The van der Waals surface area contributed by atoms with E-state index in [9.17, 15) is 9.18 Å². The van der Waals surface area contributed by atoms with Crippen molar-refractivity contribution in [2.24, 2.45) is 0 Å². The summed E-state index contributed by atoms with van der Waals surface area (Å²) in [5.74, 6) is -0.476. The van der Waals surface area contributed by atoms with E-state index in [1.807, 2.05) is 54.6 Å². The molecule has 1 heterocycles. The van der Waals surface area contributed by atoms with Gasteiger partial charge in [0.05, 0.1) is 13.2 Å². The second-order valence-corrected chi connectivity index (χ2v) is 5.50. The van der Waals surface area contributed by atoms with Crippen LogP contribution in [0.3, 0.4) is 0 Å². The first-order valence-electron chi connectivity index (χ1n) is 7.53. The van der Waals surface area contributed by atoms with Gasteiger partial charge in [0, 0.05) is 6.54 Å². The zero-order chi connectivity index (χ0) is 16.2. The molecule has 4 heteroatoms. The third-order valence-electron chi connectivity index (χ3n) is 4.06. The topological polar surface area (TPSA) is 29.5 Å². The molecule has 1 aliphatic heterocycles. The monoisotopic (exact) mass is 311 g/mol. The minimum Gasteiger partial charge on any atom is -0.497 e. The Balaban J connectivity index is 1.88. The average Bonchev–Trinajstić information content (AvgIpc) is 2.60. The van der Waals surface area contributed by atoms with Crippen LogP contribution in [0.25, 0.3) is 0 Å². The molecule has 1 unspecified atom stereocenters. The Labute approximate surface area is 135 Å². The van der Waals surface area contributed by atoms with Crippen LogP contribution in [0.5, 0.6) is 5.75 Å². The Kier molecular flexibility index (Phi) is 4.42. The second kappa shape index (κ2) is 6.65. The van der Waals surface area contributed by atoms with Gasteiger partial charge >= 0.3 is 0 Å². The van der Waals surface area contributed by atoms with E-state index in [-0.39, 0.29) is 6.04 Å². The maximum Gasteiger partial charge on any atom is 0.283 e. The van der Waals surface area contributed by atoms with Crippen molar-refractivity contribution < 1.29 is 13.9 Å². The summed E-state index contributed by atoms with van der Waals surface area (Å²) in [7, 11) is 1.61. The number of hydrogen-bond donors (Lipinski definition) is 0. The standard InChI is InChI=1S/C19H18FNO2/c1-23-16-9-7-14(8-10-16)13-21-18(12-11-17(20)19(21)22)15-5-3-2-4-6-15/h2-11,18H,12-13H2,1H3. The third-order valence-corrected chi connectivity index (χ3v) is 4.06. The molecule has 0 saturated heterocycles. The van der Waals surface area contributed by atoms with Gasteiger partial charge in [0.25, 0.3) is 5.91 Å². The van der Waals surface area contributed by atoms with E-state index in [0.29, 0.717) is 13.0 Å². The van der Waals surface area contributed by atoms with Crippen LogP contribution in [0.2, 0.25) is 0 Å². The quantitative estimate of drug-likeness (QED) is 0.853. The zero-order valence-electron chi connectivity index (χ0n) is 12.9. The Morgan fingerprint density at radius 3 is 2.48 bits per heavy atom. The normalized spacial score (nSPS) is 17.8. The Morgan fingerprint density at radius 1 is 1.13 bits per heavy atom. The predicted molar refractivity (Wildman–Crippen MR) is 86.5 cm³/mol. The molecular formula is C19H18FNO2. The van der Waals surface area contributed by atoms with E-state index in [1.165, 1.54) is 6.08 Å². The summed E-state index contributed by atoms with van der Waals surface area (Å²) in [5, 5.41) is 0. The first-order chi connectivity index (χ1) is 11.2. The number of carbonyl (C=O) groups is 1. The smallest absolute Gasteiger partial charge is 0.283 e. The number of benzene rings is 2. The molecule has 0 radical (unpaired) electrons. The van der Waals surface area contributed by atoms with Crippen molar-refractivity contribution in [2.75, 3.05) is 7.11 Å². The summed E-state index contributed by atoms with van der Waals surface area (Å²) >= 11 is 0. The van der Waals surface area contributed by atoms with Crippen LogP contribution in [0, 0.1) is 0 Å². The number of nitrogens with zero attached hydrogens (tertiary/aromatic N) is 1. The summed E-state index contributed by atoms with van der Waals surface area (Å²) < 4.78 is 18.9. The number of halogens is 1. The summed E-state index contributed by atoms with van der Waals surface area (Å²) in [6.45, 7) is 0.365. The molecule has 0 N–H and O–H groups in total. The van der Waals surface area contributed by atoms with E-state index < -0.39 is 11.7 Å². The zero-order valence-corrected chi connectivity index (χ0v) is 12.9.